The second kappa shape index (κ2) is 10.1. The first-order chi connectivity index (χ1) is 12.9. The first-order valence-corrected chi connectivity index (χ1v) is 10.4. The van der Waals surface area contributed by atoms with E-state index in [1.54, 1.807) is 36.4 Å². The SMILES string of the molecule is CC(C)COCCCNC(=O)c1cccc(NS(=O)(=O)c2ccccc2)c1. The molecule has 0 spiro atoms. The zero-order chi connectivity index (χ0) is 19.7. The summed E-state index contributed by atoms with van der Waals surface area (Å²) in [6.07, 6.45) is 0.721. The van der Waals surface area contributed by atoms with Crippen molar-refractivity contribution in [2.45, 2.75) is 25.2 Å². The quantitative estimate of drug-likeness (QED) is 0.610. The van der Waals surface area contributed by atoms with Crippen molar-refractivity contribution in [2.75, 3.05) is 24.5 Å². The van der Waals surface area contributed by atoms with E-state index in [1.165, 1.54) is 18.2 Å². The van der Waals surface area contributed by atoms with E-state index in [-0.39, 0.29) is 10.8 Å². The van der Waals surface area contributed by atoms with Gasteiger partial charge in [-0.15, -0.1) is 0 Å². The third kappa shape index (κ3) is 7.03. The van der Waals surface area contributed by atoms with E-state index >= 15 is 0 Å². The number of nitrogens with one attached hydrogen (secondary N) is 2. The first kappa shape index (κ1) is 20.9. The van der Waals surface area contributed by atoms with Crippen LogP contribution in [0.3, 0.4) is 0 Å². The standard InChI is InChI=1S/C20H26N2O4S/c1-16(2)15-26-13-7-12-21-20(23)17-8-6-9-18(14-17)22-27(24,25)19-10-4-3-5-11-19/h3-6,8-11,14,16,22H,7,12-13,15H2,1-2H3,(H,21,23). The third-order valence-electron chi connectivity index (χ3n) is 3.63. The molecule has 1 amide bonds. The maximum atomic E-state index is 12.4. The molecule has 146 valence electrons. The third-order valence-corrected chi connectivity index (χ3v) is 5.03. The molecule has 0 aliphatic rings. The second-order valence-electron chi connectivity index (χ2n) is 6.58. The lowest BCUT2D eigenvalue weighted by molar-refractivity contribution is 0.0925. The van der Waals surface area contributed by atoms with Crippen molar-refractivity contribution in [2.24, 2.45) is 5.92 Å². The molecular formula is C20H26N2O4S. The molecule has 0 aliphatic heterocycles. The Bertz CT molecular complexity index is 836. The number of anilines is 1. The molecule has 2 aromatic rings. The van der Waals surface area contributed by atoms with E-state index in [4.69, 9.17) is 4.74 Å². The van der Waals surface area contributed by atoms with Gasteiger partial charge in [-0.05, 0) is 42.7 Å². The van der Waals surface area contributed by atoms with E-state index in [9.17, 15) is 13.2 Å². The predicted molar refractivity (Wildman–Crippen MR) is 106 cm³/mol. The Labute approximate surface area is 161 Å². The number of sulfonamides is 1. The molecular weight excluding hydrogens is 364 g/mol. The van der Waals surface area contributed by atoms with Gasteiger partial charge in [0.15, 0.2) is 0 Å². The van der Waals surface area contributed by atoms with Crippen LogP contribution in [0.1, 0.15) is 30.6 Å². The molecule has 0 saturated heterocycles. The van der Waals surface area contributed by atoms with Gasteiger partial charge in [0, 0.05) is 31.0 Å². The zero-order valence-corrected chi connectivity index (χ0v) is 16.5. The van der Waals surface area contributed by atoms with E-state index in [1.807, 2.05) is 0 Å². The van der Waals surface area contributed by atoms with Crippen molar-refractivity contribution in [3.8, 4) is 0 Å². The summed E-state index contributed by atoms with van der Waals surface area (Å²) in [5, 5.41) is 2.81. The maximum absolute atomic E-state index is 12.4. The minimum Gasteiger partial charge on any atom is -0.381 e. The molecule has 0 heterocycles. The van der Waals surface area contributed by atoms with Crippen molar-refractivity contribution >= 4 is 21.6 Å². The molecule has 0 radical (unpaired) electrons. The summed E-state index contributed by atoms with van der Waals surface area (Å²) in [6, 6.07) is 14.5. The molecule has 2 rings (SSSR count). The average Bonchev–Trinajstić information content (AvgIpc) is 2.64. The number of hydrogen-bond acceptors (Lipinski definition) is 4. The van der Waals surface area contributed by atoms with Crippen LogP contribution in [-0.4, -0.2) is 34.1 Å². The van der Waals surface area contributed by atoms with Crippen LogP contribution in [0.15, 0.2) is 59.5 Å². The summed E-state index contributed by atoms with van der Waals surface area (Å²) in [5.74, 6) is 0.238. The number of rotatable bonds is 10. The molecule has 0 unspecified atom stereocenters. The summed E-state index contributed by atoms with van der Waals surface area (Å²) in [5.41, 5.74) is 0.734. The molecule has 0 saturated carbocycles. The molecule has 2 N–H and O–H groups in total. The maximum Gasteiger partial charge on any atom is 0.261 e. The lowest BCUT2D eigenvalue weighted by atomic mass is 10.2. The van der Waals surface area contributed by atoms with Crippen LogP contribution < -0.4 is 10.0 Å². The molecule has 0 bridgehead atoms. The van der Waals surface area contributed by atoms with Crippen molar-refractivity contribution in [1.29, 1.82) is 0 Å². The highest BCUT2D eigenvalue weighted by Gasteiger charge is 2.14. The molecule has 0 aromatic heterocycles. The molecule has 0 aliphatic carbocycles. The Morgan fingerprint density at radius 2 is 1.81 bits per heavy atom. The Kier molecular flexibility index (Phi) is 7.82. The number of ether oxygens (including phenoxy) is 1. The number of carbonyl (C=O) groups excluding carboxylic acids is 1. The van der Waals surface area contributed by atoms with Gasteiger partial charge >= 0.3 is 0 Å². The van der Waals surface area contributed by atoms with Crippen molar-refractivity contribution in [3.63, 3.8) is 0 Å². The lowest BCUT2D eigenvalue weighted by Crippen LogP contribution is -2.25. The summed E-state index contributed by atoms with van der Waals surface area (Å²) in [7, 11) is -3.69. The van der Waals surface area contributed by atoms with E-state index in [2.05, 4.69) is 23.9 Å². The van der Waals surface area contributed by atoms with E-state index < -0.39 is 10.0 Å². The first-order valence-electron chi connectivity index (χ1n) is 8.92. The van der Waals surface area contributed by atoms with Gasteiger partial charge in [0.05, 0.1) is 4.90 Å². The van der Waals surface area contributed by atoms with E-state index in [0.717, 1.165) is 6.42 Å². The van der Waals surface area contributed by atoms with Gasteiger partial charge in [0.2, 0.25) is 0 Å². The number of benzene rings is 2. The highest BCUT2D eigenvalue weighted by Crippen LogP contribution is 2.17. The highest BCUT2D eigenvalue weighted by molar-refractivity contribution is 7.92. The van der Waals surface area contributed by atoms with Gasteiger partial charge in [-0.1, -0.05) is 38.1 Å². The summed E-state index contributed by atoms with van der Waals surface area (Å²) >= 11 is 0. The molecule has 0 fully saturated rings. The summed E-state index contributed by atoms with van der Waals surface area (Å²) in [4.78, 5) is 12.4. The smallest absolute Gasteiger partial charge is 0.261 e. The fourth-order valence-corrected chi connectivity index (χ4v) is 3.41. The Morgan fingerprint density at radius 3 is 2.52 bits per heavy atom. The lowest BCUT2D eigenvalue weighted by Gasteiger charge is -2.10. The molecule has 2 aromatic carbocycles. The van der Waals surface area contributed by atoms with Crippen LogP contribution in [-0.2, 0) is 14.8 Å². The van der Waals surface area contributed by atoms with Crippen molar-refractivity contribution in [1.82, 2.24) is 5.32 Å². The Morgan fingerprint density at radius 1 is 1.07 bits per heavy atom. The molecule has 7 heteroatoms. The monoisotopic (exact) mass is 390 g/mol. The molecule has 0 atom stereocenters. The summed E-state index contributed by atoms with van der Waals surface area (Å²) in [6.45, 7) is 5.96. The normalized spacial score (nSPS) is 11.4. The van der Waals surface area contributed by atoms with Crippen molar-refractivity contribution in [3.05, 3.63) is 60.2 Å². The topological polar surface area (TPSA) is 84.5 Å². The summed E-state index contributed by atoms with van der Waals surface area (Å²) < 4.78 is 32.7. The largest absolute Gasteiger partial charge is 0.381 e. The average molecular weight is 391 g/mol. The minimum absolute atomic E-state index is 0.168. The van der Waals surface area contributed by atoms with Gasteiger partial charge in [0.1, 0.15) is 0 Å². The van der Waals surface area contributed by atoms with Crippen LogP contribution in [0.2, 0.25) is 0 Å². The fraction of sp³-hybridized carbons (Fsp3) is 0.350. The van der Waals surface area contributed by atoms with Gasteiger partial charge in [-0.25, -0.2) is 8.42 Å². The van der Waals surface area contributed by atoms with Crippen molar-refractivity contribution < 1.29 is 17.9 Å². The van der Waals surface area contributed by atoms with Crippen LogP contribution >= 0.6 is 0 Å². The number of amides is 1. The fourth-order valence-electron chi connectivity index (χ4n) is 2.33. The van der Waals surface area contributed by atoms with Gasteiger partial charge in [-0.3, -0.25) is 9.52 Å². The van der Waals surface area contributed by atoms with Crippen LogP contribution in [0.25, 0.3) is 0 Å². The van der Waals surface area contributed by atoms with Crippen LogP contribution in [0, 0.1) is 5.92 Å². The molecule has 27 heavy (non-hydrogen) atoms. The second-order valence-corrected chi connectivity index (χ2v) is 8.26. The number of hydrogen-bond donors (Lipinski definition) is 2. The Balaban J connectivity index is 1.90. The highest BCUT2D eigenvalue weighted by atomic mass is 32.2. The minimum atomic E-state index is -3.69. The zero-order valence-electron chi connectivity index (χ0n) is 15.6. The van der Waals surface area contributed by atoms with Gasteiger partial charge in [0.25, 0.3) is 15.9 Å². The van der Waals surface area contributed by atoms with Crippen LogP contribution in [0.5, 0.6) is 0 Å². The predicted octanol–water partition coefficient (Wildman–Crippen LogP) is 3.28. The molecule has 6 nitrogen and oxygen atoms in total. The number of carbonyl (C=O) groups is 1. The van der Waals surface area contributed by atoms with Gasteiger partial charge in [-0.2, -0.15) is 0 Å². The van der Waals surface area contributed by atoms with E-state index in [0.29, 0.717) is 36.9 Å². The van der Waals surface area contributed by atoms with Crippen LogP contribution in [0.4, 0.5) is 5.69 Å². The Hall–Kier alpha value is -2.38. The van der Waals surface area contributed by atoms with Gasteiger partial charge < -0.3 is 10.1 Å².